The Labute approximate surface area is 117 Å². The van der Waals surface area contributed by atoms with E-state index in [1.807, 2.05) is 11.8 Å². The number of thioether (sulfide) groups is 1. The molecule has 0 amide bonds. The molecule has 0 bridgehead atoms. The lowest BCUT2D eigenvalue weighted by molar-refractivity contribution is 0.112. The summed E-state index contributed by atoms with van der Waals surface area (Å²) < 4.78 is 0. The van der Waals surface area contributed by atoms with Crippen LogP contribution in [0.5, 0.6) is 0 Å². The normalized spacial score (nSPS) is 17.6. The molecule has 0 saturated carbocycles. The van der Waals surface area contributed by atoms with E-state index in [0.717, 1.165) is 40.8 Å². The van der Waals surface area contributed by atoms with Crippen molar-refractivity contribution in [3.05, 3.63) is 10.6 Å². The van der Waals surface area contributed by atoms with Gasteiger partial charge >= 0.3 is 0 Å². The second kappa shape index (κ2) is 5.61. The van der Waals surface area contributed by atoms with Crippen LogP contribution in [0.4, 0.5) is 5.13 Å². The maximum absolute atomic E-state index is 11.2. The molecule has 0 N–H and O–H groups in total. The van der Waals surface area contributed by atoms with Crippen LogP contribution in [0.1, 0.15) is 42.6 Å². The van der Waals surface area contributed by atoms with E-state index in [0.29, 0.717) is 0 Å². The summed E-state index contributed by atoms with van der Waals surface area (Å²) >= 11 is 3.54. The zero-order valence-corrected chi connectivity index (χ0v) is 12.9. The van der Waals surface area contributed by atoms with Crippen molar-refractivity contribution in [1.82, 2.24) is 4.98 Å². The van der Waals surface area contributed by atoms with E-state index in [-0.39, 0.29) is 5.41 Å². The van der Waals surface area contributed by atoms with Crippen molar-refractivity contribution in [3.8, 4) is 0 Å². The average Bonchev–Trinajstić information content (AvgIpc) is 2.57. The van der Waals surface area contributed by atoms with E-state index >= 15 is 0 Å². The Kier molecular flexibility index (Phi) is 4.33. The smallest absolute Gasteiger partial charge is 0.186 e. The lowest BCUT2D eigenvalue weighted by Crippen LogP contribution is -2.25. The molecule has 1 aliphatic heterocycles. The second-order valence-electron chi connectivity index (χ2n) is 5.53. The van der Waals surface area contributed by atoms with Gasteiger partial charge in [-0.05, 0) is 12.2 Å². The number of aromatic nitrogens is 1. The Hall–Kier alpha value is -0.550. The molecule has 1 fully saturated rings. The van der Waals surface area contributed by atoms with Crippen molar-refractivity contribution in [2.75, 3.05) is 29.5 Å². The minimum atomic E-state index is -0.0639. The van der Waals surface area contributed by atoms with Gasteiger partial charge in [0.05, 0.1) is 10.6 Å². The van der Waals surface area contributed by atoms with E-state index in [4.69, 9.17) is 4.98 Å². The summed E-state index contributed by atoms with van der Waals surface area (Å²) in [7, 11) is 0. The Morgan fingerprint density at radius 1 is 1.28 bits per heavy atom. The predicted molar refractivity (Wildman–Crippen MR) is 80.4 cm³/mol. The van der Waals surface area contributed by atoms with Crippen molar-refractivity contribution < 1.29 is 4.79 Å². The molecule has 0 atom stereocenters. The summed E-state index contributed by atoms with van der Waals surface area (Å²) in [4.78, 5) is 19.0. The van der Waals surface area contributed by atoms with E-state index in [9.17, 15) is 4.79 Å². The number of hydrogen-bond acceptors (Lipinski definition) is 5. The van der Waals surface area contributed by atoms with Gasteiger partial charge in [0.25, 0.3) is 0 Å². The molecule has 18 heavy (non-hydrogen) atoms. The van der Waals surface area contributed by atoms with Gasteiger partial charge in [-0.3, -0.25) is 4.79 Å². The van der Waals surface area contributed by atoms with E-state index in [1.165, 1.54) is 23.5 Å². The zero-order chi connectivity index (χ0) is 13.2. The van der Waals surface area contributed by atoms with Crippen LogP contribution in [0.25, 0.3) is 0 Å². The Balaban J connectivity index is 2.28. The minimum absolute atomic E-state index is 0.0639. The fourth-order valence-corrected chi connectivity index (χ4v) is 4.04. The van der Waals surface area contributed by atoms with E-state index in [2.05, 4.69) is 25.7 Å². The highest BCUT2D eigenvalue weighted by Gasteiger charge is 2.25. The van der Waals surface area contributed by atoms with Crippen molar-refractivity contribution in [2.24, 2.45) is 0 Å². The molecule has 1 saturated heterocycles. The Morgan fingerprint density at radius 3 is 2.67 bits per heavy atom. The molecule has 1 aliphatic rings. The number of hydrogen-bond donors (Lipinski definition) is 0. The van der Waals surface area contributed by atoms with Crippen LogP contribution in [0.3, 0.4) is 0 Å². The van der Waals surface area contributed by atoms with Gasteiger partial charge in [0, 0.05) is 24.3 Å². The summed E-state index contributed by atoms with van der Waals surface area (Å²) in [5.74, 6) is 2.38. The highest BCUT2D eigenvalue weighted by atomic mass is 32.2. The first-order valence-electron chi connectivity index (χ1n) is 6.31. The number of anilines is 1. The van der Waals surface area contributed by atoms with Gasteiger partial charge in [0.1, 0.15) is 0 Å². The third-order valence-electron chi connectivity index (χ3n) is 2.95. The standard InChI is InChI=1S/C13H20N2OS2/c1-13(2,3)11-10(9-16)18-12(14-11)15-5-4-7-17-8-6-15/h9H,4-8H2,1-3H3. The van der Waals surface area contributed by atoms with Crippen molar-refractivity contribution in [3.63, 3.8) is 0 Å². The lowest BCUT2D eigenvalue weighted by atomic mass is 9.91. The second-order valence-corrected chi connectivity index (χ2v) is 7.76. The molecular weight excluding hydrogens is 264 g/mol. The number of carbonyl (C=O) groups excluding carboxylic acids is 1. The van der Waals surface area contributed by atoms with E-state index in [1.54, 1.807) is 0 Å². The fourth-order valence-electron chi connectivity index (χ4n) is 2.01. The molecule has 0 radical (unpaired) electrons. The van der Waals surface area contributed by atoms with Crippen LogP contribution in [-0.2, 0) is 5.41 Å². The molecule has 0 aromatic carbocycles. The summed E-state index contributed by atoms with van der Waals surface area (Å²) in [5, 5.41) is 1.02. The van der Waals surface area contributed by atoms with Gasteiger partial charge in [0.15, 0.2) is 11.4 Å². The monoisotopic (exact) mass is 284 g/mol. The SMILES string of the molecule is CC(C)(C)c1nc(N2CCCSCC2)sc1C=O. The maximum atomic E-state index is 11.2. The van der Waals surface area contributed by atoms with Gasteiger partial charge < -0.3 is 4.90 Å². The van der Waals surface area contributed by atoms with Crippen LogP contribution in [0.2, 0.25) is 0 Å². The summed E-state index contributed by atoms with van der Waals surface area (Å²) in [6.07, 6.45) is 2.15. The molecule has 1 aromatic heterocycles. The highest BCUT2D eigenvalue weighted by Crippen LogP contribution is 2.33. The Bertz CT molecular complexity index is 415. The predicted octanol–water partition coefficient (Wildman–Crippen LogP) is 3.20. The third-order valence-corrected chi connectivity index (χ3v) is 5.04. The first kappa shape index (κ1) is 13.9. The van der Waals surface area contributed by atoms with Crippen LogP contribution in [-0.4, -0.2) is 35.9 Å². The van der Waals surface area contributed by atoms with Gasteiger partial charge in [-0.15, -0.1) is 0 Å². The topological polar surface area (TPSA) is 33.2 Å². The van der Waals surface area contributed by atoms with Gasteiger partial charge in [-0.1, -0.05) is 32.1 Å². The van der Waals surface area contributed by atoms with Gasteiger partial charge in [0.2, 0.25) is 0 Å². The number of rotatable bonds is 2. The molecule has 2 rings (SSSR count). The first-order valence-corrected chi connectivity index (χ1v) is 8.28. The largest absolute Gasteiger partial charge is 0.347 e. The average molecular weight is 284 g/mol. The first-order chi connectivity index (χ1) is 8.52. The molecule has 100 valence electrons. The molecule has 0 spiro atoms. The molecule has 5 heteroatoms. The number of aldehydes is 1. The quantitative estimate of drug-likeness (QED) is 0.781. The van der Waals surface area contributed by atoms with Gasteiger partial charge in [-0.2, -0.15) is 11.8 Å². The van der Waals surface area contributed by atoms with Crippen molar-refractivity contribution >= 4 is 34.5 Å². The van der Waals surface area contributed by atoms with Crippen LogP contribution in [0, 0.1) is 0 Å². The van der Waals surface area contributed by atoms with Crippen LogP contribution < -0.4 is 4.90 Å². The summed E-state index contributed by atoms with van der Waals surface area (Å²) in [5.41, 5.74) is 0.875. The molecule has 3 nitrogen and oxygen atoms in total. The lowest BCUT2D eigenvalue weighted by Gasteiger charge is -2.19. The van der Waals surface area contributed by atoms with Crippen LogP contribution >= 0.6 is 23.1 Å². The molecular formula is C13H20N2OS2. The van der Waals surface area contributed by atoms with Gasteiger partial charge in [-0.25, -0.2) is 4.98 Å². The number of nitrogens with zero attached hydrogens (tertiary/aromatic N) is 2. The number of carbonyl (C=O) groups is 1. The van der Waals surface area contributed by atoms with Crippen molar-refractivity contribution in [1.29, 1.82) is 0 Å². The summed E-state index contributed by atoms with van der Waals surface area (Å²) in [6.45, 7) is 8.42. The molecule has 1 aromatic rings. The number of thiazole rings is 1. The van der Waals surface area contributed by atoms with E-state index < -0.39 is 0 Å². The molecule has 2 heterocycles. The van der Waals surface area contributed by atoms with Crippen molar-refractivity contribution in [2.45, 2.75) is 32.6 Å². The summed E-state index contributed by atoms with van der Waals surface area (Å²) in [6, 6.07) is 0. The maximum Gasteiger partial charge on any atom is 0.186 e. The molecule has 0 unspecified atom stereocenters. The fraction of sp³-hybridized carbons (Fsp3) is 0.692. The third kappa shape index (κ3) is 3.06. The highest BCUT2D eigenvalue weighted by molar-refractivity contribution is 7.99. The zero-order valence-electron chi connectivity index (χ0n) is 11.2. The Morgan fingerprint density at radius 2 is 2.06 bits per heavy atom. The minimum Gasteiger partial charge on any atom is -0.347 e. The molecule has 0 aliphatic carbocycles. The van der Waals surface area contributed by atoms with Crippen LogP contribution in [0.15, 0.2) is 0 Å².